The van der Waals surface area contributed by atoms with Crippen LogP contribution in [0.2, 0.25) is 0 Å². The summed E-state index contributed by atoms with van der Waals surface area (Å²) in [6.45, 7) is 9.31. The SMILES string of the molecule is CC(C)(C)OC(=O)CC1C[C@@H](/C=C/c2c(C3CC3)nc3ccccc3c2-c2ccc(F)cc2)OC(C)(C)O1. The van der Waals surface area contributed by atoms with E-state index in [-0.39, 0.29) is 30.4 Å². The van der Waals surface area contributed by atoms with Gasteiger partial charge in [-0.15, -0.1) is 0 Å². The number of benzene rings is 2. The van der Waals surface area contributed by atoms with Crippen molar-refractivity contribution in [1.82, 2.24) is 4.98 Å². The van der Waals surface area contributed by atoms with Crippen molar-refractivity contribution in [3.05, 3.63) is 71.7 Å². The quantitative estimate of drug-likeness (QED) is 0.316. The van der Waals surface area contributed by atoms with Crippen molar-refractivity contribution in [3.8, 4) is 11.1 Å². The van der Waals surface area contributed by atoms with Gasteiger partial charge in [0.2, 0.25) is 0 Å². The maximum Gasteiger partial charge on any atom is 0.308 e. The molecule has 2 atom stereocenters. The lowest BCUT2D eigenvalue weighted by molar-refractivity contribution is -0.290. The van der Waals surface area contributed by atoms with Crippen LogP contribution in [0.5, 0.6) is 0 Å². The van der Waals surface area contributed by atoms with Crippen molar-refractivity contribution in [2.45, 2.75) is 89.8 Å². The van der Waals surface area contributed by atoms with Gasteiger partial charge in [0, 0.05) is 28.9 Å². The second-order valence-corrected chi connectivity index (χ2v) is 11.8. The Balaban J connectivity index is 1.51. The van der Waals surface area contributed by atoms with Gasteiger partial charge < -0.3 is 14.2 Å². The van der Waals surface area contributed by atoms with E-state index in [0.29, 0.717) is 12.3 Å². The van der Waals surface area contributed by atoms with Gasteiger partial charge in [0.15, 0.2) is 5.79 Å². The van der Waals surface area contributed by atoms with Crippen LogP contribution in [0.3, 0.4) is 0 Å². The minimum absolute atomic E-state index is 0.167. The number of esters is 1. The Morgan fingerprint density at radius 3 is 2.50 bits per heavy atom. The lowest BCUT2D eigenvalue weighted by Crippen LogP contribution is -2.45. The van der Waals surface area contributed by atoms with Crippen molar-refractivity contribution in [3.63, 3.8) is 0 Å². The third kappa shape index (κ3) is 6.30. The fraction of sp³-hybridized carbons (Fsp3) is 0.438. The van der Waals surface area contributed by atoms with Gasteiger partial charge in [-0.2, -0.15) is 0 Å². The Bertz CT molecular complexity index is 1350. The summed E-state index contributed by atoms with van der Waals surface area (Å²) >= 11 is 0. The summed E-state index contributed by atoms with van der Waals surface area (Å²) in [7, 11) is 0. The number of hydrogen-bond acceptors (Lipinski definition) is 5. The third-order valence-corrected chi connectivity index (χ3v) is 6.73. The maximum atomic E-state index is 13.8. The number of ether oxygens (including phenoxy) is 3. The van der Waals surface area contributed by atoms with E-state index < -0.39 is 11.4 Å². The average molecular weight is 518 g/mol. The molecule has 1 aliphatic heterocycles. The average Bonchev–Trinajstić information content (AvgIpc) is 3.66. The fourth-order valence-corrected chi connectivity index (χ4v) is 5.17. The molecule has 1 saturated heterocycles. The first-order valence-corrected chi connectivity index (χ1v) is 13.4. The topological polar surface area (TPSA) is 57.7 Å². The first-order chi connectivity index (χ1) is 18.0. The summed E-state index contributed by atoms with van der Waals surface area (Å²) in [5.41, 5.74) is 4.49. The normalized spacial score (nSPS) is 21.6. The van der Waals surface area contributed by atoms with E-state index in [2.05, 4.69) is 18.2 Å². The van der Waals surface area contributed by atoms with E-state index >= 15 is 0 Å². The number of hydrogen-bond donors (Lipinski definition) is 0. The molecule has 5 nitrogen and oxygen atoms in total. The van der Waals surface area contributed by atoms with Crippen LogP contribution >= 0.6 is 0 Å². The Hall–Kier alpha value is -3.09. The summed E-state index contributed by atoms with van der Waals surface area (Å²) in [6.07, 6.45) is 6.48. The highest BCUT2D eigenvalue weighted by atomic mass is 19.1. The third-order valence-electron chi connectivity index (χ3n) is 6.73. The summed E-state index contributed by atoms with van der Waals surface area (Å²) in [4.78, 5) is 17.6. The largest absolute Gasteiger partial charge is 0.460 e. The predicted octanol–water partition coefficient (Wildman–Crippen LogP) is 7.57. The van der Waals surface area contributed by atoms with Gasteiger partial charge in [0.25, 0.3) is 0 Å². The van der Waals surface area contributed by atoms with Gasteiger partial charge in [-0.3, -0.25) is 9.78 Å². The molecule has 2 aliphatic rings. The standard InChI is InChI=1S/C32H36FNO4/c1-31(2,3)38-28(35)19-24-18-23(36-32(4,5)37-24)16-17-26-29(20-12-14-22(33)15-13-20)25-8-6-7-9-27(25)34-30(26)21-10-11-21/h6-9,12-17,21,23-24H,10-11,18-19H2,1-5H3/b17-16+/t23-,24?/m1/s1. The van der Waals surface area contributed by atoms with Crippen LogP contribution in [0.25, 0.3) is 28.1 Å². The highest BCUT2D eigenvalue weighted by molar-refractivity contribution is 5.99. The molecule has 38 heavy (non-hydrogen) atoms. The summed E-state index contributed by atoms with van der Waals surface area (Å²) in [6, 6.07) is 14.8. The molecule has 0 spiro atoms. The number of carbonyl (C=O) groups is 1. The van der Waals surface area contributed by atoms with Gasteiger partial charge in [0.1, 0.15) is 11.4 Å². The van der Waals surface area contributed by atoms with Crippen molar-refractivity contribution >= 4 is 22.9 Å². The number of fused-ring (bicyclic) bond motifs is 1. The van der Waals surface area contributed by atoms with E-state index in [1.54, 1.807) is 0 Å². The van der Waals surface area contributed by atoms with E-state index in [1.807, 2.05) is 65.0 Å². The zero-order chi connectivity index (χ0) is 27.1. The van der Waals surface area contributed by atoms with E-state index in [0.717, 1.165) is 46.1 Å². The Kier molecular flexibility index (Phi) is 7.14. The number of para-hydroxylation sites is 1. The van der Waals surface area contributed by atoms with E-state index in [4.69, 9.17) is 19.2 Å². The number of aromatic nitrogens is 1. The summed E-state index contributed by atoms with van der Waals surface area (Å²) < 4.78 is 31.7. The van der Waals surface area contributed by atoms with Gasteiger partial charge >= 0.3 is 5.97 Å². The molecule has 1 aliphatic carbocycles. The number of rotatable bonds is 6. The number of halogens is 1. The molecule has 1 unspecified atom stereocenters. The van der Waals surface area contributed by atoms with E-state index in [1.165, 1.54) is 12.1 Å². The van der Waals surface area contributed by atoms with E-state index in [9.17, 15) is 9.18 Å². The second kappa shape index (κ2) is 10.2. The van der Waals surface area contributed by atoms with Gasteiger partial charge in [-0.25, -0.2) is 4.39 Å². The second-order valence-electron chi connectivity index (χ2n) is 11.8. The molecular formula is C32H36FNO4. The molecule has 5 rings (SSSR count). The molecule has 1 saturated carbocycles. The van der Waals surface area contributed by atoms with Gasteiger partial charge in [-0.1, -0.05) is 42.5 Å². The molecule has 1 aromatic heterocycles. The zero-order valence-corrected chi connectivity index (χ0v) is 22.8. The van der Waals surface area contributed by atoms with Crippen LogP contribution in [0.4, 0.5) is 4.39 Å². The summed E-state index contributed by atoms with van der Waals surface area (Å²) in [5.74, 6) is -0.983. The van der Waals surface area contributed by atoms with Crippen LogP contribution in [-0.4, -0.2) is 34.5 Å². The predicted molar refractivity (Wildman–Crippen MR) is 147 cm³/mol. The first-order valence-electron chi connectivity index (χ1n) is 13.4. The molecule has 0 N–H and O–H groups in total. The number of pyridine rings is 1. The molecule has 2 fully saturated rings. The van der Waals surface area contributed by atoms with Crippen LogP contribution in [0, 0.1) is 5.82 Å². The Morgan fingerprint density at radius 1 is 1.11 bits per heavy atom. The minimum atomic E-state index is -0.847. The van der Waals surface area contributed by atoms with Gasteiger partial charge in [0.05, 0.1) is 29.8 Å². The molecule has 6 heteroatoms. The Morgan fingerprint density at radius 2 is 1.82 bits per heavy atom. The molecule has 0 amide bonds. The minimum Gasteiger partial charge on any atom is -0.460 e. The van der Waals surface area contributed by atoms with Crippen LogP contribution in [-0.2, 0) is 19.0 Å². The lowest BCUT2D eigenvalue weighted by atomic mass is 9.92. The van der Waals surface area contributed by atoms with Crippen LogP contribution in [0.1, 0.15) is 77.5 Å². The van der Waals surface area contributed by atoms with Crippen molar-refractivity contribution in [2.24, 2.45) is 0 Å². The molecule has 3 aromatic rings. The zero-order valence-electron chi connectivity index (χ0n) is 22.8. The van der Waals surface area contributed by atoms with Crippen molar-refractivity contribution in [2.75, 3.05) is 0 Å². The molecule has 0 bridgehead atoms. The fourth-order valence-electron chi connectivity index (χ4n) is 5.17. The number of nitrogens with zero attached hydrogens (tertiary/aromatic N) is 1. The van der Waals surface area contributed by atoms with Gasteiger partial charge in [-0.05, 0) is 71.2 Å². The molecule has 2 aromatic carbocycles. The first kappa shape index (κ1) is 26.5. The molecule has 200 valence electrons. The van der Waals surface area contributed by atoms with Crippen LogP contribution < -0.4 is 0 Å². The molecule has 0 radical (unpaired) electrons. The molecular weight excluding hydrogens is 481 g/mol. The van der Waals surface area contributed by atoms with Crippen molar-refractivity contribution < 1.29 is 23.4 Å². The highest BCUT2D eigenvalue weighted by Gasteiger charge is 2.36. The molecule has 2 heterocycles. The van der Waals surface area contributed by atoms with Crippen molar-refractivity contribution in [1.29, 1.82) is 0 Å². The highest BCUT2D eigenvalue weighted by Crippen LogP contribution is 2.45. The smallest absolute Gasteiger partial charge is 0.308 e. The Labute approximate surface area is 224 Å². The maximum absolute atomic E-state index is 13.8. The van der Waals surface area contributed by atoms with Crippen LogP contribution in [0.15, 0.2) is 54.6 Å². The monoisotopic (exact) mass is 517 g/mol. The summed E-state index contributed by atoms with van der Waals surface area (Å²) in [5, 5.41) is 1.03. The number of carbonyl (C=O) groups excluding carboxylic acids is 1. The lowest BCUT2D eigenvalue weighted by Gasteiger charge is -2.39.